The number of hydrogen-bond acceptors (Lipinski definition) is 8. The van der Waals surface area contributed by atoms with E-state index >= 15 is 0 Å². The summed E-state index contributed by atoms with van der Waals surface area (Å²) in [4.78, 5) is 30.1. The molecule has 2 aromatic carbocycles. The zero-order chi connectivity index (χ0) is 27.0. The molecule has 1 saturated heterocycles. The molecule has 5 rings (SSSR count). The van der Waals surface area contributed by atoms with Crippen molar-refractivity contribution in [2.75, 3.05) is 26.5 Å². The van der Waals surface area contributed by atoms with Crippen LogP contribution in [0.3, 0.4) is 0 Å². The van der Waals surface area contributed by atoms with Crippen molar-refractivity contribution in [2.24, 2.45) is 16.8 Å². The normalized spacial score (nSPS) is 20.1. The van der Waals surface area contributed by atoms with E-state index in [1.165, 1.54) is 39.9 Å². The lowest BCUT2D eigenvalue weighted by molar-refractivity contribution is -0.143. The van der Waals surface area contributed by atoms with Gasteiger partial charge in [0.1, 0.15) is 6.54 Å². The molecule has 0 aliphatic carbocycles. The fourth-order valence-electron chi connectivity index (χ4n) is 4.91. The lowest BCUT2D eigenvalue weighted by Crippen LogP contribution is -2.42. The minimum atomic E-state index is -3.66. The maximum atomic E-state index is 13.2. The number of thiazole rings is 1. The van der Waals surface area contributed by atoms with Crippen LogP contribution < -0.4 is 14.3 Å². The molecule has 0 radical (unpaired) electrons. The molecular weight excluding hydrogens is 530 g/mol. The Labute approximate surface area is 224 Å². The van der Waals surface area contributed by atoms with Crippen molar-refractivity contribution in [1.29, 1.82) is 0 Å². The summed E-state index contributed by atoms with van der Waals surface area (Å²) in [5.41, 5.74) is 0.893. The first-order valence-electron chi connectivity index (χ1n) is 12.4. The number of carbonyl (C=O) groups is 2. The molecule has 3 aromatic rings. The van der Waals surface area contributed by atoms with Gasteiger partial charge in [-0.25, -0.2) is 8.42 Å². The number of nitrogens with zero attached hydrogens (tertiary/aromatic N) is 3. The average molecular weight is 560 g/mol. The summed E-state index contributed by atoms with van der Waals surface area (Å²) in [5, 5.41) is 0. The highest BCUT2D eigenvalue weighted by Crippen LogP contribution is 2.37. The van der Waals surface area contributed by atoms with Crippen LogP contribution in [-0.4, -0.2) is 55.7 Å². The van der Waals surface area contributed by atoms with Crippen molar-refractivity contribution in [1.82, 2.24) is 8.87 Å². The molecule has 0 bridgehead atoms. The number of esters is 1. The Morgan fingerprint density at radius 3 is 2.39 bits per heavy atom. The molecule has 1 amide bonds. The van der Waals surface area contributed by atoms with Gasteiger partial charge < -0.3 is 18.8 Å². The highest BCUT2D eigenvalue weighted by Gasteiger charge is 2.31. The Hall–Kier alpha value is -3.22. The molecule has 0 saturated carbocycles. The molecule has 0 spiro atoms. The highest BCUT2D eigenvalue weighted by atomic mass is 32.2. The molecule has 3 heterocycles. The number of carbonyl (C=O) groups excluding carboxylic acids is 2. The fraction of sp³-hybridized carbons (Fsp3) is 0.423. The van der Waals surface area contributed by atoms with Gasteiger partial charge in [0.2, 0.25) is 16.8 Å². The first-order chi connectivity index (χ1) is 18.2. The number of benzene rings is 2. The summed E-state index contributed by atoms with van der Waals surface area (Å²) in [5.74, 6) is 0.674. The predicted octanol–water partition coefficient (Wildman–Crippen LogP) is 3.40. The standard InChI is InChI=1S/C26H29N3O7S2/c1-4-34-24(30)14-29-20-10-21-22(36-15-35-21)11-23(20)37-26(29)27-25(31)18-5-7-19(8-6-18)38(32,33)28-12-16(2)9-17(3)13-28/h5-8,10-11,16-17H,4,9,12-15H2,1-3H3. The maximum absolute atomic E-state index is 13.2. The molecule has 2 unspecified atom stereocenters. The number of amides is 1. The predicted molar refractivity (Wildman–Crippen MR) is 141 cm³/mol. The van der Waals surface area contributed by atoms with E-state index in [0.29, 0.717) is 34.9 Å². The van der Waals surface area contributed by atoms with Gasteiger partial charge >= 0.3 is 5.97 Å². The summed E-state index contributed by atoms with van der Waals surface area (Å²) in [7, 11) is -3.66. The fourth-order valence-corrected chi connectivity index (χ4v) is 7.62. The monoisotopic (exact) mass is 559 g/mol. The summed E-state index contributed by atoms with van der Waals surface area (Å²) in [6.45, 7) is 6.99. The third-order valence-electron chi connectivity index (χ3n) is 6.54. The van der Waals surface area contributed by atoms with Crippen molar-refractivity contribution in [2.45, 2.75) is 38.6 Å². The van der Waals surface area contributed by atoms with Crippen LogP contribution in [0.1, 0.15) is 37.6 Å². The molecule has 2 aliphatic rings. The van der Waals surface area contributed by atoms with Gasteiger partial charge in [-0.2, -0.15) is 9.30 Å². The van der Waals surface area contributed by atoms with E-state index in [-0.39, 0.29) is 42.2 Å². The number of sulfonamides is 1. The molecule has 0 N–H and O–H groups in total. The highest BCUT2D eigenvalue weighted by molar-refractivity contribution is 7.89. The molecule has 2 aliphatic heterocycles. The summed E-state index contributed by atoms with van der Waals surface area (Å²) < 4.78 is 46.3. The van der Waals surface area contributed by atoms with E-state index in [1.54, 1.807) is 23.6 Å². The van der Waals surface area contributed by atoms with E-state index in [0.717, 1.165) is 11.1 Å². The van der Waals surface area contributed by atoms with Gasteiger partial charge in [-0.05, 0) is 49.4 Å². The van der Waals surface area contributed by atoms with Crippen LogP contribution in [0.15, 0.2) is 46.3 Å². The van der Waals surface area contributed by atoms with Crippen LogP contribution in [0.4, 0.5) is 0 Å². The van der Waals surface area contributed by atoms with Crippen LogP contribution in [0.5, 0.6) is 11.5 Å². The van der Waals surface area contributed by atoms with E-state index in [1.807, 2.05) is 0 Å². The first-order valence-corrected chi connectivity index (χ1v) is 14.7. The molecule has 1 aromatic heterocycles. The summed E-state index contributed by atoms with van der Waals surface area (Å²) >= 11 is 1.23. The second-order valence-electron chi connectivity index (χ2n) is 9.66. The maximum Gasteiger partial charge on any atom is 0.326 e. The first kappa shape index (κ1) is 26.4. The summed E-state index contributed by atoms with van der Waals surface area (Å²) in [6, 6.07) is 9.36. The quantitative estimate of drug-likeness (QED) is 0.425. The molecule has 1 fully saturated rings. The molecular formula is C26H29N3O7S2. The number of hydrogen-bond donors (Lipinski definition) is 0. The number of rotatable bonds is 6. The van der Waals surface area contributed by atoms with Gasteiger partial charge in [0.05, 0.1) is 21.7 Å². The molecule has 2 atom stereocenters. The van der Waals surface area contributed by atoms with E-state index < -0.39 is 21.9 Å². The van der Waals surface area contributed by atoms with E-state index in [2.05, 4.69) is 18.8 Å². The van der Waals surface area contributed by atoms with Gasteiger partial charge in [-0.1, -0.05) is 25.2 Å². The van der Waals surface area contributed by atoms with Crippen molar-refractivity contribution in [3.05, 3.63) is 46.8 Å². The van der Waals surface area contributed by atoms with Crippen LogP contribution in [0.25, 0.3) is 10.2 Å². The molecule has 12 heteroatoms. The van der Waals surface area contributed by atoms with Crippen LogP contribution >= 0.6 is 11.3 Å². The molecule has 38 heavy (non-hydrogen) atoms. The van der Waals surface area contributed by atoms with Crippen LogP contribution in [0, 0.1) is 11.8 Å². The number of aromatic nitrogens is 1. The van der Waals surface area contributed by atoms with Gasteiger partial charge in [-0.3, -0.25) is 9.59 Å². The Morgan fingerprint density at radius 2 is 1.74 bits per heavy atom. The zero-order valence-electron chi connectivity index (χ0n) is 21.4. The average Bonchev–Trinajstić information content (AvgIpc) is 3.46. The van der Waals surface area contributed by atoms with Crippen molar-refractivity contribution in [3.8, 4) is 11.5 Å². The Balaban J connectivity index is 1.46. The second kappa shape index (κ2) is 10.5. The lowest BCUT2D eigenvalue weighted by atomic mass is 9.94. The Kier molecular flexibility index (Phi) is 7.30. The lowest BCUT2D eigenvalue weighted by Gasteiger charge is -2.34. The van der Waals surface area contributed by atoms with Crippen molar-refractivity contribution >= 4 is 43.5 Å². The van der Waals surface area contributed by atoms with Gasteiger partial charge in [0.15, 0.2) is 16.3 Å². The Morgan fingerprint density at radius 1 is 1.08 bits per heavy atom. The minimum Gasteiger partial charge on any atom is -0.465 e. The minimum absolute atomic E-state index is 0.113. The SMILES string of the molecule is CCOC(=O)Cn1c(=NC(=O)c2ccc(S(=O)(=O)N3CC(C)CC(C)C3)cc2)sc2cc3c(cc21)OCO3. The topological polar surface area (TPSA) is 117 Å². The Bertz CT molecular complexity index is 1550. The molecule has 10 nitrogen and oxygen atoms in total. The van der Waals surface area contributed by atoms with Gasteiger partial charge in [0, 0.05) is 30.8 Å². The van der Waals surface area contributed by atoms with Gasteiger partial charge in [0.25, 0.3) is 5.91 Å². The van der Waals surface area contributed by atoms with Gasteiger partial charge in [-0.15, -0.1) is 0 Å². The van der Waals surface area contributed by atoms with Crippen molar-refractivity contribution in [3.63, 3.8) is 0 Å². The van der Waals surface area contributed by atoms with Crippen LogP contribution in [-0.2, 0) is 26.1 Å². The largest absolute Gasteiger partial charge is 0.465 e. The van der Waals surface area contributed by atoms with Crippen LogP contribution in [0.2, 0.25) is 0 Å². The summed E-state index contributed by atoms with van der Waals surface area (Å²) in [6.07, 6.45) is 0.998. The number of piperidine rings is 1. The zero-order valence-corrected chi connectivity index (χ0v) is 23.0. The van der Waals surface area contributed by atoms with Crippen molar-refractivity contribution < 1.29 is 32.2 Å². The number of ether oxygens (including phenoxy) is 3. The molecule has 202 valence electrons. The van der Waals surface area contributed by atoms with E-state index in [9.17, 15) is 18.0 Å². The smallest absolute Gasteiger partial charge is 0.326 e. The third kappa shape index (κ3) is 5.20. The number of fused-ring (bicyclic) bond motifs is 2. The second-order valence-corrected chi connectivity index (χ2v) is 12.6. The van der Waals surface area contributed by atoms with E-state index in [4.69, 9.17) is 14.2 Å². The third-order valence-corrected chi connectivity index (χ3v) is 9.43.